The molecule has 1 aliphatic rings. The monoisotopic (exact) mass is 360 g/mol. The highest BCUT2D eigenvalue weighted by Gasteiger charge is 2.23. The van der Waals surface area contributed by atoms with E-state index in [1.807, 2.05) is 0 Å². The predicted octanol–water partition coefficient (Wildman–Crippen LogP) is 1.66. The van der Waals surface area contributed by atoms with Crippen molar-refractivity contribution in [3.63, 3.8) is 0 Å². The highest BCUT2D eigenvalue weighted by molar-refractivity contribution is 5.95. The standard InChI is InChI=1S/C19H24N2O5/c1-14(22)7-8-18(24)20-9-4-10-21(12-11-20)19(25)16-5-3-6-17(13-16)26-15(2)23/h3,5-6,13H,4,7-12H2,1-2H3. The topological polar surface area (TPSA) is 84.0 Å². The minimum atomic E-state index is -0.441. The molecule has 26 heavy (non-hydrogen) atoms. The second-order valence-electron chi connectivity index (χ2n) is 6.35. The van der Waals surface area contributed by atoms with Crippen LogP contribution in [0.25, 0.3) is 0 Å². The van der Waals surface area contributed by atoms with Crippen LogP contribution in [-0.2, 0) is 14.4 Å². The van der Waals surface area contributed by atoms with Gasteiger partial charge in [-0.25, -0.2) is 0 Å². The van der Waals surface area contributed by atoms with Gasteiger partial charge in [-0.05, 0) is 31.5 Å². The Bertz CT molecular complexity index is 701. The maximum absolute atomic E-state index is 12.7. The Morgan fingerprint density at radius 3 is 2.35 bits per heavy atom. The maximum Gasteiger partial charge on any atom is 0.308 e. The van der Waals surface area contributed by atoms with Crippen LogP contribution in [0.4, 0.5) is 0 Å². The van der Waals surface area contributed by atoms with E-state index in [9.17, 15) is 19.2 Å². The number of hydrogen-bond donors (Lipinski definition) is 0. The number of rotatable bonds is 5. The lowest BCUT2D eigenvalue weighted by Gasteiger charge is -2.22. The molecule has 1 aromatic rings. The van der Waals surface area contributed by atoms with Crippen molar-refractivity contribution in [1.29, 1.82) is 0 Å². The van der Waals surface area contributed by atoms with Gasteiger partial charge in [0.1, 0.15) is 11.5 Å². The molecule has 0 unspecified atom stereocenters. The van der Waals surface area contributed by atoms with E-state index in [1.165, 1.54) is 13.8 Å². The molecule has 0 aromatic heterocycles. The van der Waals surface area contributed by atoms with E-state index >= 15 is 0 Å². The average molecular weight is 360 g/mol. The van der Waals surface area contributed by atoms with Crippen LogP contribution in [0.1, 0.15) is 43.5 Å². The molecule has 0 saturated carbocycles. The van der Waals surface area contributed by atoms with Crippen LogP contribution in [0.3, 0.4) is 0 Å². The molecule has 1 heterocycles. The van der Waals surface area contributed by atoms with Gasteiger partial charge in [-0.1, -0.05) is 6.07 Å². The summed E-state index contributed by atoms with van der Waals surface area (Å²) >= 11 is 0. The largest absolute Gasteiger partial charge is 0.427 e. The molecule has 0 aliphatic carbocycles. The number of amides is 2. The first-order valence-corrected chi connectivity index (χ1v) is 8.72. The first-order valence-electron chi connectivity index (χ1n) is 8.72. The smallest absolute Gasteiger partial charge is 0.308 e. The number of ether oxygens (including phenoxy) is 1. The molecule has 0 spiro atoms. The molecule has 2 amide bonds. The molecule has 0 N–H and O–H groups in total. The quantitative estimate of drug-likeness (QED) is 0.589. The normalized spacial score (nSPS) is 14.5. The lowest BCUT2D eigenvalue weighted by molar-refractivity contribution is -0.133. The molecule has 2 rings (SSSR count). The van der Waals surface area contributed by atoms with Crippen molar-refractivity contribution >= 4 is 23.6 Å². The number of Topliss-reactive ketones (excluding diaryl/α,β-unsaturated/α-hetero) is 1. The minimum Gasteiger partial charge on any atom is -0.427 e. The molecule has 7 nitrogen and oxygen atoms in total. The summed E-state index contributed by atoms with van der Waals surface area (Å²) in [4.78, 5) is 50.4. The number of ketones is 1. The van der Waals surface area contributed by atoms with Gasteiger partial charge in [-0.15, -0.1) is 0 Å². The van der Waals surface area contributed by atoms with E-state index in [-0.39, 0.29) is 30.4 Å². The van der Waals surface area contributed by atoms with Crippen molar-refractivity contribution in [2.24, 2.45) is 0 Å². The third-order valence-corrected chi connectivity index (χ3v) is 4.17. The maximum atomic E-state index is 12.7. The number of hydrogen-bond acceptors (Lipinski definition) is 5. The Hall–Kier alpha value is -2.70. The summed E-state index contributed by atoms with van der Waals surface area (Å²) in [6.07, 6.45) is 1.15. The fourth-order valence-corrected chi connectivity index (χ4v) is 2.85. The molecule has 0 bridgehead atoms. The van der Waals surface area contributed by atoms with Crippen LogP contribution in [0, 0.1) is 0 Å². The number of nitrogens with zero attached hydrogens (tertiary/aromatic N) is 2. The summed E-state index contributed by atoms with van der Waals surface area (Å²) in [6.45, 7) is 4.79. The molecule has 1 aliphatic heterocycles. The zero-order valence-corrected chi connectivity index (χ0v) is 15.2. The summed E-state index contributed by atoms with van der Waals surface area (Å²) in [5, 5.41) is 0. The van der Waals surface area contributed by atoms with Crippen molar-refractivity contribution in [3.05, 3.63) is 29.8 Å². The number of carbonyl (C=O) groups excluding carboxylic acids is 4. The van der Waals surface area contributed by atoms with E-state index in [0.717, 1.165) is 0 Å². The van der Waals surface area contributed by atoms with Crippen LogP contribution in [0.15, 0.2) is 24.3 Å². The third kappa shape index (κ3) is 5.68. The minimum absolute atomic E-state index is 0.00219. The van der Waals surface area contributed by atoms with Crippen molar-refractivity contribution in [3.8, 4) is 5.75 Å². The Morgan fingerprint density at radius 1 is 0.962 bits per heavy atom. The van der Waals surface area contributed by atoms with Crippen LogP contribution in [0.5, 0.6) is 5.75 Å². The molecular formula is C19H24N2O5. The van der Waals surface area contributed by atoms with E-state index in [1.54, 1.807) is 34.1 Å². The zero-order chi connectivity index (χ0) is 19.1. The van der Waals surface area contributed by atoms with Crippen LogP contribution < -0.4 is 4.74 Å². The van der Waals surface area contributed by atoms with Gasteiger partial charge in [-0.2, -0.15) is 0 Å². The van der Waals surface area contributed by atoms with E-state index in [0.29, 0.717) is 43.9 Å². The van der Waals surface area contributed by atoms with Gasteiger partial charge in [0.05, 0.1) is 0 Å². The summed E-state index contributed by atoms with van der Waals surface area (Å²) in [5.41, 5.74) is 0.445. The second kappa shape index (κ2) is 9.12. The highest BCUT2D eigenvalue weighted by Crippen LogP contribution is 2.16. The van der Waals surface area contributed by atoms with Crippen LogP contribution in [-0.4, -0.2) is 59.5 Å². The van der Waals surface area contributed by atoms with Gasteiger partial charge in [0, 0.05) is 51.5 Å². The highest BCUT2D eigenvalue weighted by atomic mass is 16.5. The third-order valence-electron chi connectivity index (χ3n) is 4.17. The predicted molar refractivity (Wildman–Crippen MR) is 94.8 cm³/mol. The zero-order valence-electron chi connectivity index (χ0n) is 15.2. The lowest BCUT2D eigenvalue weighted by Crippen LogP contribution is -2.37. The molecule has 1 aromatic carbocycles. The van der Waals surface area contributed by atoms with Gasteiger partial charge >= 0.3 is 5.97 Å². The van der Waals surface area contributed by atoms with Gasteiger partial charge in [0.2, 0.25) is 5.91 Å². The number of benzene rings is 1. The van der Waals surface area contributed by atoms with Crippen molar-refractivity contribution in [2.75, 3.05) is 26.2 Å². The Labute approximate surface area is 152 Å². The molecule has 140 valence electrons. The van der Waals surface area contributed by atoms with E-state index < -0.39 is 5.97 Å². The number of carbonyl (C=O) groups is 4. The fraction of sp³-hybridized carbons (Fsp3) is 0.474. The molecular weight excluding hydrogens is 336 g/mol. The molecule has 0 atom stereocenters. The van der Waals surface area contributed by atoms with E-state index in [4.69, 9.17) is 4.74 Å². The summed E-state index contributed by atoms with van der Waals surface area (Å²) in [5.74, 6) is -0.315. The summed E-state index contributed by atoms with van der Waals surface area (Å²) in [6, 6.07) is 6.51. The van der Waals surface area contributed by atoms with Crippen LogP contribution >= 0.6 is 0 Å². The fourth-order valence-electron chi connectivity index (χ4n) is 2.85. The van der Waals surface area contributed by atoms with Gasteiger partial charge < -0.3 is 19.3 Å². The van der Waals surface area contributed by atoms with Crippen LogP contribution in [0.2, 0.25) is 0 Å². The van der Waals surface area contributed by atoms with E-state index in [2.05, 4.69) is 0 Å². The first-order chi connectivity index (χ1) is 12.4. The Kier molecular flexibility index (Phi) is 6.89. The van der Waals surface area contributed by atoms with Gasteiger partial charge in [0.15, 0.2) is 0 Å². The van der Waals surface area contributed by atoms with Gasteiger partial charge in [0.25, 0.3) is 5.91 Å². The van der Waals surface area contributed by atoms with Crippen molar-refractivity contribution in [2.45, 2.75) is 33.1 Å². The Morgan fingerprint density at radius 2 is 1.65 bits per heavy atom. The second-order valence-corrected chi connectivity index (χ2v) is 6.35. The SMILES string of the molecule is CC(=O)CCC(=O)N1CCCN(C(=O)c2cccc(OC(C)=O)c2)CC1. The van der Waals surface area contributed by atoms with Crippen molar-refractivity contribution in [1.82, 2.24) is 9.80 Å². The number of esters is 1. The Balaban J connectivity index is 1.97. The summed E-state index contributed by atoms with van der Waals surface area (Å²) in [7, 11) is 0. The first kappa shape index (κ1) is 19.6. The molecule has 7 heteroatoms. The average Bonchev–Trinajstić information content (AvgIpc) is 2.85. The molecule has 1 saturated heterocycles. The van der Waals surface area contributed by atoms with Crippen molar-refractivity contribution < 1.29 is 23.9 Å². The molecule has 1 fully saturated rings. The molecule has 0 radical (unpaired) electrons. The van der Waals surface area contributed by atoms with Gasteiger partial charge in [-0.3, -0.25) is 14.4 Å². The lowest BCUT2D eigenvalue weighted by atomic mass is 10.2. The summed E-state index contributed by atoms with van der Waals surface area (Å²) < 4.78 is 5.02.